The number of hydrogen-bond donors (Lipinski definition) is 1. The Balaban J connectivity index is 2.58. The van der Waals surface area contributed by atoms with Crippen molar-refractivity contribution < 1.29 is 9.53 Å². The van der Waals surface area contributed by atoms with Gasteiger partial charge in [0.25, 0.3) is 0 Å². The van der Waals surface area contributed by atoms with Crippen LogP contribution >= 0.6 is 11.8 Å². The van der Waals surface area contributed by atoms with Gasteiger partial charge in [-0.2, -0.15) is 0 Å². The van der Waals surface area contributed by atoms with Crippen molar-refractivity contribution in [2.45, 2.75) is 51.2 Å². The fourth-order valence-electron chi connectivity index (χ4n) is 1.80. The molecule has 1 heterocycles. The minimum atomic E-state index is -0.650. The molecule has 1 N–H and O–H groups in total. The molecule has 5 nitrogen and oxygen atoms in total. The lowest BCUT2D eigenvalue weighted by Crippen LogP contribution is -2.51. The summed E-state index contributed by atoms with van der Waals surface area (Å²) in [6, 6.07) is 1.87. The summed E-state index contributed by atoms with van der Waals surface area (Å²) in [7, 11) is 0. The van der Waals surface area contributed by atoms with Crippen molar-refractivity contribution in [3.05, 3.63) is 18.0 Å². The van der Waals surface area contributed by atoms with Crippen molar-refractivity contribution in [1.82, 2.24) is 15.3 Å². The summed E-state index contributed by atoms with van der Waals surface area (Å²) in [5.74, 6) is 0.569. The van der Waals surface area contributed by atoms with E-state index in [1.54, 1.807) is 18.0 Å². The molecule has 1 rings (SSSR count). The summed E-state index contributed by atoms with van der Waals surface area (Å²) in [6.07, 6.45) is 3.40. The summed E-state index contributed by atoms with van der Waals surface area (Å²) < 4.78 is 5.18. The smallest absolute Gasteiger partial charge is 0.326 e. The van der Waals surface area contributed by atoms with Crippen LogP contribution in [0.1, 0.15) is 39.3 Å². The van der Waals surface area contributed by atoms with Gasteiger partial charge in [-0.25, -0.2) is 9.97 Å². The summed E-state index contributed by atoms with van der Waals surface area (Å²) in [5.41, 5.74) is 0.299. The molecule has 118 valence electrons. The Kier molecular flexibility index (Phi) is 7.67. The number of nitrogens with one attached hydrogen (secondary N) is 1. The largest absolute Gasteiger partial charge is 0.465 e. The lowest BCUT2D eigenvalue weighted by Gasteiger charge is -2.28. The van der Waals surface area contributed by atoms with E-state index in [2.05, 4.69) is 22.2 Å². The predicted molar refractivity (Wildman–Crippen MR) is 85.4 cm³/mol. The van der Waals surface area contributed by atoms with Crippen LogP contribution < -0.4 is 5.32 Å². The number of esters is 1. The van der Waals surface area contributed by atoms with E-state index < -0.39 is 5.54 Å². The van der Waals surface area contributed by atoms with E-state index in [0.717, 1.165) is 29.6 Å². The molecule has 0 bridgehead atoms. The van der Waals surface area contributed by atoms with Crippen LogP contribution in [0.2, 0.25) is 0 Å². The molecule has 0 amide bonds. The quantitative estimate of drug-likeness (QED) is 0.430. The predicted octanol–water partition coefficient (Wildman–Crippen LogP) is 2.59. The maximum absolute atomic E-state index is 12.1. The van der Waals surface area contributed by atoms with E-state index in [4.69, 9.17) is 4.74 Å². The van der Waals surface area contributed by atoms with Gasteiger partial charge in [-0.3, -0.25) is 4.79 Å². The first-order valence-electron chi connectivity index (χ1n) is 7.36. The number of carbonyl (C=O) groups is 1. The summed E-state index contributed by atoms with van der Waals surface area (Å²) in [4.78, 5) is 20.7. The van der Waals surface area contributed by atoms with Crippen LogP contribution in [-0.4, -0.2) is 40.4 Å². The Morgan fingerprint density at radius 3 is 2.86 bits per heavy atom. The highest BCUT2D eigenvalue weighted by atomic mass is 32.2. The lowest BCUT2D eigenvalue weighted by atomic mass is 9.99. The number of ether oxygens (including phenoxy) is 1. The molecule has 0 aliphatic carbocycles. The van der Waals surface area contributed by atoms with Gasteiger partial charge in [0.2, 0.25) is 0 Å². The molecule has 0 saturated carbocycles. The normalized spacial score (nSPS) is 13.7. The van der Waals surface area contributed by atoms with Gasteiger partial charge in [0.1, 0.15) is 5.54 Å². The van der Waals surface area contributed by atoms with Crippen LogP contribution in [0.25, 0.3) is 0 Å². The average molecular weight is 311 g/mol. The van der Waals surface area contributed by atoms with Crippen LogP contribution in [0.3, 0.4) is 0 Å². The first-order chi connectivity index (χ1) is 10.0. The fourth-order valence-corrected chi connectivity index (χ4v) is 2.83. The number of hydrogen-bond acceptors (Lipinski definition) is 6. The Morgan fingerprint density at radius 1 is 1.48 bits per heavy atom. The maximum atomic E-state index is 12.1. The standard InChI is InChI=1S/C15H25N3O2S/c1-5-9-17-15(4,13(19)20-6-2)8-11-21-14-16-10-7-12(3)18-14/h7,10,17H,5-6,8-9,11H2,1-4H3. The second-order valence-corrected chi connectivity index (χ2v) is 6.12. The monoisotopic (exact) mass is 311 g/mol. The van der Waals surface area contributed by atoms with Crippen molar-refractivity contribution in [3.63, 3.8) is 0 Å². The Morgan fingerprint density at radius 2 is 2.24 bits per heavy atom. The van der Waals surface area contributed by atoms with Crippen LogP contribution in [0.15, 0.2) is 17.4 Å². The highest BCUT2D eigenvalue weighted by Gasteiger charge is 2.33. The van der Waals surface area contributed by atoms with Gasteiger partial charge in [0.15, 0.2) is 5.16 Å². The van der Waals surface area contributed by atoms with Crippen molar-refractivity contribution in [1.29, 1.82) is 0 Å². The number of aryl methyl sites for hydroxylation is 1. The third kappa shape index (κ3) is 6.01. The zero-order chi connectivity index (χ0) is 15.7. The average Bonchev–Trinajstić information content (AvgIpc) is 2.45. The minimum Gasteiger partial charge on any atom is -0.465 e. The van der Waals surface area contributed by atoms with Gasteiger partial charge < -0.3 is 10.1 Å². The van der Waals surface area contributed by atoms with E-state index in [-0.39, 0.29) is 5.97 Å². The lowest BCUT2D eigenvalue weighted by molar-refractivity contribution is -0.150. The molecule has 21 heavy (non-hydrogen) atoms. The van der Waals surface area contributed by atoms with Crippen molar-refractivity contribution in [2.24, 2.45) is 0 Å². The first kappa shape index (κ1) is 17.9. The maximum Gasteiger partial charge on any atom is 0.326 e. The molecule has 0 aromatic carbocycles. The molecule has 0 aliphatic rings. The van der Waals surface area contributed by atoms with Crippen LogP contribution in [0.5, 0.6) is 0 Å². The highest BCUT2D eigenvalue weighted by Crippen LogP contribution is 2.20. The minimum absolute atomic E-state index is 0.191. The van der Waals surface area contributed by atoms with Crippen LogP contribution in [0, 0.1) is 6.92 Å². The molecule has 1 atom stereocenters. The molecule has 1 unspecified atom stereocenters. The fraction of sp³-hybridized carbons (Fsp3) is 0.667. The van der Waals surface area contributed by atoms with Crippen molar-refractivity contribution >= 4 is 17.7 Å². The third-order valence-corrected chi connectivity index (χ3v) is 3.96. The van der Waals surface area contributed by atoms with Gasteiger partial charge in [0.05, 0.1) is 6.61 Å². The van der Waals surface area contributed by atoms with Gasteiger partial charge in [-0.1, -0.05) is 18.7 Å². The molecular weight excluding hydrogens is 286 g/mol. The Hall–Kier alpha value is -1.14. The first-order valence-corrected chi connectivity index (χ1v) is 8.35. The van der Waals surface area contributed by atoms with Crippen LogP contribution in [-0.2, 0) is 9.53 Å². The molecular formula is C15H25N3O2S. The molecule has 0 saturated heterocycles. The van der Waals surface area contributed by atoms with Gasteiger partial charge in [-0.15, -0.1) is 0 Å². The summed E-state index contributed by atoms with van der Waals surface area (Å²) in [6.45, 7) is 8.94. The highest BCUT2D eigenvalue weighted by molar-refractivity contribution is 7.99. The van der Waals surface area contributed by atoms with Crippen molar-refractivity contribution in [3.8, 4) is 0 Å². The summed E-state index contributed by atoms with van der Waals surface area (Å²) in [5, 5.41) is 4.05. The number of nitrogens with zero attached hydrogens (tertiary/aromatic N) is 2. The van der Waals surface area contributed by atoms with Gasteiger partial charge in [-0.05, 0) is 46.2 Å². The molecule has 1 aromatic heterocycles. The van der Waals surface area contributed by atoms with E-state index >= 15 is 0 Å². The van der Waals surface area contributed by atoms with Gasteiger partial charge in [0, 0.05) is 17.6 Å². The molecule has 0 radical (unpaired) electrons. The number of carbonyl (C=O) groups excluding carboxylic acids is 1. The number of thioether (sulfide) groups is 1. The Labute approximate surface area is 131 Å². The zero-order valence-electron chi connectivity index (χ0n) is 13.3. The van der Waals surface area contributed by atoms with Gasteiger partial charge >= 0.3 is 5.97 Å². The number of aromatic nitrogens is 2. The Bertz CT molecular complexity index is 456. The molecule has 0 fully saturated rings. The zero-order valence-corrected chi connectivity index (χ0v) is 14.1. The SMILES string of the molecule is CCCNC(C)(CCSc1nccc(C)n1)C(=O)OCC. The second-order valence-electron chi connectivity index (χ2n) is 5.06. The third-order valence-electron chi connectivity index (χ3n) is 3.10. The summed E-state index contributed by atoms with van der Waals surface area (Å²) >= 11 is 1.56. The second kappa shape index (κ2) is 9.00. The molecule has 0 spiro atoms. The van der Waals surface area contributed by atoms with Crippen LogP contribution in [0.4, 0.5) is 0 Å². The van der Waals surface area contributed by atoms with E-state index in [9.17, 15) is 4.79 Å². The van der Waals surface area contributed by atoms with Crippen molar-refractivity contribution in [2.75, 3.05) is 18.9 Å². The van der Waals surface area contributed by atoms with E-state index in [1.165, 1.54) is 0 Å². The molecule has 0 aliphatic heterocycles. The number of rotatable bonds is 9. The topological polar surface area (TPSA) is 64.1 Å². The molecule has 6 heteroatoms. The van der Waals surface area contributed by atoms with E-state index in [0.29, 0.717) is 13.0 Å². The van der Waals surface area contributed by atoms with E-state index in [1.807, 2.05) is 26.8 Å². The molecule has 1 aromatic rings.